The van der Waals surface area contributed by atoms with E-state index < -0.39 is 5.97 Å². The summed E-state index contributed by atoms with van der Waals surface area (Å²) in [6, 6.07) is 10.7. The van der Waals surface area contributed by atoms with Crippen molar-refractivity contribution >= 4 is 12.0 Å². The van der Waals surface area contributed by atoms with Gasteiger partial charge in [-0.05, 0) is 35.9 Å². The van der Waals surface area contributed by atoms with Crippen molar-refractivity contribution in [3.63, 3.8) is 0 Å². The third-order valence-corrected chi connectivity index (χ3v) is 2.84. The first kappa shape index (κ1) is 13.2. The Hall–Kier alpha value is -2.82. The lowest BCUT2D eigenvalue weighted by Gasteiger charge is -2.02. The summed E-state index contributed by atoms with van der Waals surface area (Å²) in [5.74, 6) is 0.681. The van der Waals surface area contributed by atoms with Crippen molar-refractivity contribution in [3.8, 4) is 17.2 Å². The number of carbonyl (C=O) groups excluding carboxylic acids is 1. The molecule has 5 heteroatoms. The predicted octanol–water partition coefficient (Wildman–Crippen LogP) is 3.17. The van der Waals surface area contributed by atoms with Crippen LogP contribution in [0.5, 0.6) is 17.2 Å². The Morgan fingerprint density at radius 1 is 1.10 bits per heavy atom. The Bertz CT molecular complexity index is 692. The highest BCUT2D eigenvalue weighted by atomic mass is 19.1. The van der Waals surface area contributed by atoms with Crippen LogP contribution in [0.3, 0.4) is 0 Å². The van der Waals surface area contributed by atoms with Crippen LogP contribution in [0.4, 0.5) is 4.39 Å². The molecule has 0 atom stereocenters. The standard InChI is InChI=1S/C16H11FO4/c17-12-4-1-11(2-5-12)3-8-16(18)21-13-6-7-14-15(9-13)20-10-19-14/h1-9H,10H2. The molecule has 3 rings (SSSR count). The number of halogens is 1. The third-order valence-electron chi connectivity index (χ3n) is 2.84. The van der Waals surface area contributed by atoms with Crippen molar-refractivity contribution in [1.82, 2.24) is 0 Å². The van der Waals surface area contributed by atoms with E-state index in [-0.39, 0.29) is 12.6 Å². The van der Waals surface area contributed by atoms with Crippen LogP contribution in [-0.4, -0.2) is 12.8 Å². The van der Waals surface area contributed by atoms with Gasteiger partial charge in [0.2, 0.25) is 6.79 Å². The Kier molecular flexibility index (Phi) is 3.55. The maximum atomic E-state index is 12.7. The Labute approximate surface area is 120 Å². The summed E-state index contributed by atoms with van der Waals surface area (Å²) in [6.07, 6.45) is 2.83. The Morgan fingerprint density at radius 3 is 2.67 bits per heavy atom. The van der Waals surface area contributed by atoms with Gasteiger partial charge in [-0.1, -0.05) is 12.1 Å². The van der Waals surface area contributed by atoms with E-state index in [1.807, 2.05) is 0 Å². The van der Waals surface area contributed by atoms with Crippen molar-refractivity contribution in [2.24, 2.45) is 0 Å². The van der Waals surface area contributed by atoms with Crippen LogP contribution in [0.1, 0.15) is 5.56 Å². The van der Waals surface area contributed by atoms with Gasteiger partial charge in [-0.3, -0.25) is 0 Å². The molecular formula is C16H11FO4. The summed E-state index contributed by atoms with van der Waals surface area (Å²) in [4.78, 5) is 11.7. The summed E-state index contributed by atoms with van der Waals surface area (Å²) in [5, 5.41) is 0. The molecule has 2 aromatic carbocycles. The number of esters is 1. The number of benzene rings is 2. The number of ether oxygens (including phenoxy) is 3. The molecule has 0 fully saturated rings. The highest BCUT2D eigenvalue weighted by Gasteiger charge is 2.14. The second kappa shape index (κ2) is 5.66. The third kappa shape index (κ3) is 3.20. The maximum Gasteiger partial charge on any atom is 0.336 e. The second-order valence-corrected chi connectivity index (χ2v) is 4.32. The van der Waals surface area contributed by atoms with Crippen LogP contribution in [0.25, 0.3) is 6.08 Å². The van der Waals surface area contributed by atoms with E-state index >= 15 is 0 Å². The van der Waals surface area contributed by atoms with Gasteiger partial charge in [-0.15, -0.1) is 0 Å². The van der Waals surface area contributed by atoms with E-state index in [1.165, 1.54) is 18.2 Å². The average molecular weight is 286 g/mol. The molecule has 4 nitrogen and oxygen atoms in total. The zero-order chi connectivity index (χ0) is 14.7. The minimum atomic E-state index is -0.529. The van der Waals surface area contributed by atoms with Crippen LogP contribution in [0.2, 0.25) is 0 Å². The van der Waals surface area contributed by atoms with Crippen molar-refractivity contribution < 1.29 is 23.4 Å². The van der Waals surface area contributed by atoms with Gasteiger partial charge in [0, 0.05) is 12.1 Å². The molecule has 1 aliphatic heterocycles. The molecule has 21 heavy (non-hydrogen) atoms. The van der Waals surface area contributed by atoms with Gasteiger partial charge in [0.25, 0.3) is 0 Å². The van der Waals surface area contributed by atoms with Gasteiger partial charge >= 0.3 is 5.97 Å². The highest BCUT2D eigenvalue weighted by Crippen LogP contribution is 2.35. The zero-order valence-electron chi connectivity index (χ0n) is 10.9. The molecule has 1 aliphatic rings. The van der Waals surface area contributed by atoms with Gasteiger partial charge in [0.05, 0.1) is 0 Å². The molecule has 0 saturated carbocycles. The second-order valence-electron chi connectivity index (χ2n) is 4.32. The highest BCUT2D eigenvalue weighted by molar-refractivity contribution is 5.88. The van der Waals surface area contributed by atoms with Crippen molar-refractivity contribution in [2.45, 2.75) is 0 Å². The molecule has 0 aliphatic carbocycles. The van der Waals surface area contributed by atoms with Crippen molar-refractivity contribution in [2.75, 3.05) is 6.79 Å². The minimum Gasteiger partial charge on any atom is -0.454 e. The first-order valence-corrected chi connectivity index (χ1v) is 6.26. The SMILES string of the molecule is O=C(C=Cc1ccc(F)cc1)Oc1ccc2c(c1)OCO2. The lowest BCUT2D eigenvalue weighted by atomic mass is 10.2. The van der Waals surface area contributed by atoms with Crippen molar-refractivity contribution in [3.05, 3.63) is 59.9 Å². The van der Waals surface area contributed by atoms with Gasteiger partial charge < -0.3 is 14.2 Å². The number of hydrogen-bond donors (Lipinski definition) is 0. The van der Waals surface area contributed by atoms with Crippen LogP contribution in [-0.2, 0) is 4.79 Å². The van der Waals surface area contributed by atoms with Gasteiger partial charge in [0.1, 0.15) is 11.6 Å². The molecular weight excluding hydrogens is 275 g/mol. The smallest absolute Gasteiger partial charge is 0.336 e. The first-order valence-electron chi connectivity index (χ1n) is 6.26. The van der Waals surface area contributed by atoms with Crippen molar-refractivity contribution in [1.29, 1.82) is 0 Å². The minimum absolute atomic E-state index is 0.164. The fraction of sp³-hybridized carbons (Fsp3) is 0.0625. The van der Waals surface area contributed by atoms with Gasteiger partial charge in [-0.2, -0.15) is 0 Å². The molecule has 0 bridgehead atoms. The van der Waals surface area contributed by atoms with E-state index in [0.717, 1.165) is 0 Å². The number of hydrogen-bond acceptors (Lipinski definition) is 4. The molecule has 0 amide bonds. The first-order chi connectivity index (χ1) is 10.2. The summed E-state index contributed by atoms with van der Waals surface area (Å²) in [5.41, 5.74) is 0.707. The largest absolute Gasteiger partial charge is 0.454 e. The topological polar surface area (TPSA) is 44.8 Å². The number of carbonyl (C=O) groups is 1. The fourth-order valence-electron chi connectivity index (χ4n) is 1.83. The normalized spacial score (nSPS) is 12.6. The van der Waals surface area contributed by atoms with E-state index in [9.17, 15) is 9.18 Å². The molecule has 0 saturated heterocycles. The van der Waals surface area contributed by atoms with Gasteiger partial charge in [-0.25, -0.2) is 9.18 Å². The molecule has 2 aromatic rings. The maximum absolute atomic E-state index is 12.7. The van der Waals surface area contributed by atoms with Crippen LogP contribution < -0.4 is 14.2 Å². The van der Waals surface area contributed by atoms with E-state index in [2.05, 4.69) is 0 Å². The van der Waals surface area contributed by atoms with Crippen LogP contribution >= 0.6 is 0 Å². The van der Waals surface area contributed by atoms with E-state index in [0.29, 0.717) is 22.8 Å². The molecule has 0 aromatic heterocycles. The summed E-state index contributed by atoms with van der Waals surface area (Å²) < 4.78 is 28.3. The zero-order valence-corrected chi connectivity index (χ0v) is 10.9. The molecule has 0 unspecified atom stereocenters. The monoisotopic (exact) mass is 286 g/mol. The van der Waals surface area contributed by atoms with Gasteiger partial charge in [0.15, 0.2) is 11.5 Å². The Morgan fingerprint density at radius 2 is 1.86 bits per heavy atom. The summed E-state index contributed by atoms with van der Waals surface area (Å²) in [7, 11) is 0. The lowest BCUT2D eigenvalue weighted by molar-refractivity contribution is -0.128. The lowest BCUT2D eigenvalue weighted by Crippen LogP contribution is -2.03. The number of fused-ring (bicyclic) bond motifs is 1. The molecule has 0 spiro atoms. The predicted molar refractivity (Wildman–Crippen MR) is 73.6 cm³/mol. The van der Waals surface area contributed by atoms with E-state index in [1.54, 1.807) is 36.4 Å². The Balaban J connectivity index is 1.65. The molecule has 0 radical (unpaired) electrons. The molecule has 106 valence electrons. The fourth-order valence-corrected chi connectivity index (χ4v) is 1.83. The summed E-state index contributed by atoms with van der Waals surface area (Å²) >= 11 is 0. The molecule has 0 N–H and O–H groups in total. The average Bonchev–Trinajstić information content (AvgIpc) is 2.94. The molecule has 1 heterocycles. The van der Waals surface area contributed by atoms with Crippen LogP contribution in [0.15, 0.2) is 48.5 Å². The van der Waals surface area contributed by atoms with E-state index in [4.69, 9.17) is 14.2 Å². The van der Waals surface area contributed by atoms with Crippen LogP contribution in [0, 0.1) is 5.82 Å². The summed E-state index contributed by atoms with van der Waals surface area (Å²) in [6.45, 7) is 0.164. The number of rotatable bonds is 3. The quantitative estimate of drug-likeness (QED) is 0.494.